The van der Waals surface area contributed by atoms with Gasteiger partial charge in [-0.05, 0) is 29.6 Å². The van der Waals surface area contributed by atoms with Crippen molar-refractivity contribution in [2.45, 2.75) is 59.6 Å². The van der Waals surface area contributed by atoms with E-state index < -0.39 is 20.6 Å². The first-order valence-corrected chi connectivity index (χ1v) is 10.8. The zero-order chi connectivity index (χ0) is 16.4. The first kappa shape index (κ1) is 20.1. The molecule has 0 aliphatic heterocycles. The maximum atomic E-state index is 12.1. The molecule has 0 saturated heterocycles. The van der Waals surface area contributed by atoms with Crippen molar-refractivity contribution in [2.75, 3.05) is 18.3 Å². The molecule has 5 heteroatoms. The van der Waals surface area contributed by atoms with Gasteiger partial charge in [-0.2, -0.15) is 0 Å². The van der Waals surface area contributed by atoms with Crippen molar-refractivity contribution < 1.29 is 12.6 Å². The molecule has 0 heterocycles. The van der Waals surface area contributed by atoms with Gasteiger partial charge in [0.15, 0.2) is 9.84 Å². The molecule has 0 aromatic heterocycles. The normalized spacial score (nSPS) is 18.6. The van der Waals surface area contributed by atoms with Gasteiger partial charge in [-0.3, -0.25) is 4.21 Å². The fourth-order valence-corrected chi connectivity index (χ4v) is 5.71. The molecule has 0 N–H and O–H groups in total. The minimum absolute atomic E-state index is 0.115. The van der Waals surface area contributed by atoms with E-state index in [1.807, 2.05) is 20.8 Å². The van der Waals surface area contributed by atoms with E-state index in [9.17, 15) is 12.6 Å². The summed E-state index contributed by atoms with van der Waals surface area (Å²) in [4.78, 5) is 0. The summed E-state index contributed by atoms with van der Waals surface area (Å²) in [6.07, 6.45) is 4.51. The zero-order valence-corrected chi connectivity index (χ0v) is 16.0. The molecular weight excluding hydrogens is 292 g/mol. The summed E-state index contributed by atoms with van der Waals surface area (Å²) in [6.45, 7) is 12.3. The molecule has 2 unspecified atom stereocenters. The molecule has 0 rings (SSSR count). The summed E-state index contributed by atoms with van der Waals surface area (Å²) < 4.78 is 35.8. The van der Waals surface area contributed by atoms with E-state index in [1.54, 1.807) is 6.26 Å². The van der Waals surface area contributed by atoms with Crippen LogP contribution in [0.4, 0.5) is 0 Å². The predicted octanol–water partition coefficient (Wildman–Crippen LogP) is 3.27. The Labute approximate surface area is 128 Å². The fourth-order valence-electron chi connectivity index (χ4n) is 2.88. The molecule has 0 aliphatic rings. The Morgan fingerprint density at radius 1 is 1.05 bits per heavy atom. The van der Waals surface area contributed by atoms with Gasteiger partial charge in [-0.25, -0.2) is 8.42 Å². The maximum Gasteiger partial charge on any atom is 0.150 e. The van der Waals surface area contributed by atoms with E-state index >= 15 is 0 Å². The third kappa shape index (κ3) is 8.40. The third-order valence-corrected chi connectivity index (χ3v) is 6.28. The highest BCUT2D eigenvalue weighted by atomic mass is 32.2. The minimum Gasteiger partial charge on any atom is -0.260 e. The quantitative estimate of drug-likeness (QED) is 0.753. The van der Waals surface area contributed by atoms with E-state index in [0.29, 0.717) is 12.2 Å². The molecule has 0 spiro atoms. The monoisotopic (exact) mass is 324 g/mol. The third-order valence-electron chi connectivity index (χ3n) is 3.40. The largest absolute Gasteiger partial charge is 0.260 e. The number of sulfone groups is 1. The van der Waals surface area contributed by atoms with Crippen LogP contribution in [0.1, 0.15) is 54.4 Å². The average molecular weight is 325 g/mol. The standard InChI is InChI=1S/C15H32O3S2/c1-14(2,3)10-12(11-19(7)16)9-13(15(4,5)6)20(8,17)18/h12-13H,9-11H2,1-8H3/t12?,13?,19-/m1/s1. The SMILES string of the molecule is C[S@@](=O)CC(CC(C(C)(C)C)S(C)(=O)=O)CC(C)(C)C. The first-order valence-electron chi connectivity index (χ1n) is 7.12. The van der Waals surface area contributed by atoms with Gasteiger partial charge in [0.2, 0.25) is 0 Å². The molecule has 0 bridgehead atoms. The Hall–Kier alpha value is 0.1000. The molecule has 0 aromatic carbocycles. The Morgan fingerprint density at radius 2 is 1.50 bits per heavy atom. The van der Waals surface area contributed by atoms with Crippen molar-refractivity contribution in [2.24, 2.45) is 16.7 Å². The first-order chi connectivity index (χ1) is 8.63. The Kier molecular flexibility index (Phi) is 6.94. The average Bonchev–Trinajstić information content (AvgIpc) is 2.06. The summed E-state index contributed by atoms with van der Waals surface area (Å²) in [5.41, 5.74) is -0.178. The van der Waals surface area contributed by atoms with Crippen LogP contribution in [0.2, 0.25) is 0 Å². The minimum atomic E-state index is -3.11. The van der Waals surface area contributed by atoms with Crippen LogP contribution in [0.15, 0.2) is 0 Å². The lowest BCUT2D eigenvalue weighted by molar-refractivity contribution is 0.264. The summed E-state index contributed by atoms with van der Waals surface area (Å²) in [5, 5.41) is -0.383. The molecule has 3 nitrogen and oxygen atoms in total. The van der Waals surface area contributed by atoms with Crippen LogP contribution in [0.5, 0.6) is 0 Å². The molecule has 0 aromatic rings. The van der Waals surface area contributed by atoms with Crippen LogP contribution in [-0.2, 0) is 20.6 Å². The molecule has 0 radical (unpaired) electrons. The van der Waals surface area contributed by atoms with E-state index in [1.165, 1.54) is 6.26 Å². The topological polar surface area (TPSA) is 51.2 Å². The van der Waals surface area contributed by atoms with Crippen LogP contribution in [-0.4, -0.2) is 36.1 Å². The Morgan fingerprint density at radius 3 is 1.75 bits per heavy atom. The summed E-state index contributed by atoms with van der Waals surface area (Å²) in [7, 11) is -4.00. The van der Waals surface area contributed by atoms with Crippen molar-refractivity contribution in [3.63, 3.8) is 0 Å². The Balaban J connectivity index is 5.24. The summed E-state index contributed by atoms with van der Waals surface area (Å²) in [6, 6.07) is 0. The highest BCUT2D eigenvalue weighted by Gasteiger charge is 2.36. The summed E-state index contributed by atoms with van der Waals surface area (Å²) >= 11 is 0. The van der Waals surface area contributed by atoms with Crippen LogP contribution in [0, 0.1) is 16.7 Å². The molecule has 0 amide bonds. The van der Waals surface area contributed by atoms with Crippen molar-refractivity contribution in [3.8, 4) is 0 Å². The van der Waals surface area contributed by atoms with Gasteiger partial charge in [0, 0.05) is 29.1 Å². The van der Waals surface area contributed by atoms with Crippen LogP contribution in [0.25, 0.3) is 0 Å². The highest BCUT2D eigenvalue weighted by molar-refractivity contribution is 7.91. The highest BCUT2D eigenvalue weighted by Crippen LogP contribution is 2.35. The predicted molar refractivity (Wildman–Crippen MR) is 89.2 cm³/mol. The lowest BCUT2D eigenvalue weighted by Crippen LogP contribution is -2.37. The number of hydrogen-bond donors (Lipinski definition) is 0. The van der Waals surface area contributed by atoms with Crippen molar-refractivity contribution in [1.82, 2.24) is 0 Å². The van der Waals surface area contributed by atoms with E-state index in [2.05, 4.69) is 20.8 Å². The van der Waals surface area contributed by atoms with Crippen molar-refractivity contribution in [1.29, 1.82) is 0 Å². The van der Waals surface area contributed by atoms with E-state index in [0.717, 1.165) is 6.42 Å². The second-order valence-electron chi connectivity index (χ2n) is 8.29. The van der Waals surface area contributed by atoms with E-state index in [4.69, 9.17) is 0 Å². The second-order valence-corrected chi connectivity index (χ2v) is 12.0. The van der Waals surface area contributed by atoms with Crippen molar-refractivity contribution in [3.05, 3.63) is 0 Å². The van der Waals surface area contributed by atoms with Gasteiger partial charge >= 0.3 is 0 Å². The fraction of sp³-hybridized carbons (Fsp3) is 1.00. The molecule has 122 valence electrons. The van der Waals surface area contributed by atoms with Crippen LogP contribution >= 0.6 is 0 Å². The molecule has 20 heavy (non-hydrogen) atoms. The van der Waals surface area contributed by atoms with Crippen LogP contribution < -0.4 is 0 Å². The molecule has 0 fully saturated rings. The Bertz CT molecular complexity index is 425. The van der Waals surface area contributed by atoms with Gasteiger partial charge in [0.25, 0.3) is 0 Å². The molecule has 3 atom stereocenters. The van der Waals surface area contributed by atoms with Gasteiger partial charge in [0.1, 0.15) is 0 Å². The number of hydrogen-bond acceptors (Lipinski definition) is 3. The van der Waals surface area contributed by atoms with E-state index in [-0.39, 0.29) is 22.0 Å². The summed E-state index contributed by atoms with van der Waals surface area (Å²) in [5.74, 6) is 0.763. The van der Waals surface area contributed by atoms with Gasteiger partial charge in [-0.1, -0.05) is 41.5 Å². The van der Waals surface area contributed by atoms with Crippen LogP contribution in [0.3, 0.4) is 0 Å². The zero-order valence-electron chi connectivity index (χ0n) is 14.3. The van der Waals surface area contributed by atoms with Gasteiger partial charge < -0.3 is 0 Å². The van der Waals surface area contributed by atoms with Gasteiger partial charge in [0.05, 0.1) is 5.25 Å². The molecular formula is C15H32O3S2. The molecule has 0 saturated carbocycles. The maximum absolute atomic E-state index is 12.1. The van der Waals surface area contributed by atoms with Crippen molar-refractivity contribution >= 4 is 20.6 Å². The lowest BCUT2D eigenvalue weighted by atomic mass is 9.80. The smallest absolute Gasteiger partial charge is 0.150 e. The molecule has 0 aliphatic carbocycles. The van der Waals surface area contributed by atoms with Gasteiger partial charge in [-0.15, -0.1) is 0 Å². The lowest BCUT2D eigenvalue weighted by Gasteiger charge is -2.34. The second kappa shape index (κ2) is 6.91. The number of rotatable bonds is 6.